The van der Waals surface area contributed by atoms with E-state index in [2.05, 4.69) is 21.8 Å². The van der Waals surface area contributed by atoms with E-state index in [0.717, 1.165) is 44.8 Å². The fourth-order valence-corrected chi connectivity index (χ4v) is 2.65. The van der Waals surface area contributed by atoms with Crippen molar-refractivity contribution >= 4 is 5.91 Å². The molecule has 1 aliphatic rings. The lowest BCUT2D eigenvalue weighted by Crippen LogP contribution is -2.32. The predicted octanol–water partition coefficient (Wildman–Crippen LogP) is 0.678. The lowest BCUT2D eigenvalue weighted by atomic mass is 9.99. The van der Waals surface area contributed by atoms with Crippen molar-refractivity contribution in [3.63, 3.8) is 0 Å². The summed E-state index contributed by atoms with van der Waals surface area (Å²) < 4.78 is 0. The van der Waals surface area contributed by atoms with E-state index < -0.39 is 0 Å². The maximum absolute atomic E-state index is 11.6. The van der Waals surface area contributed by atoms with E-state index in [1.807, 2.05) is 18.2 Å². The Kier molecular flexibility index (Phi) is 5.49. The third kappa shape index (κ3) is 4.28. The smallest absolute Gasteiger partial charge is 0.226 e. The van der Waals surface area contributed by atoms with Crippen LogP contribution in [0.1, 0.15) is 24.5 Å². The van der Waals surface area contributed by atoms with Gasteiger partial charge in [0.15, 0.2) is 0 Å². The second kappa shape index (κ2) is 7.36. The van der Waals surface area contributed by atoms with Gasteiger partial charge in [-0.1, -0.05) is 6.07 Å². The van der Waals surface area contributed by atoms with Gasteiger partial charge in [0.1, 0.15) is 0 Å². The van der Waals surface area contributed by atoms with Crippen LogP contribution in [0.3, 0.4) is 0 Å². The van der Waals surface area contributed by atoms with Crippen LogP contribution >= 0.6 is 0 Å². The highest BCUT2D eigenvalue weighted by molar-refractivity contribution is 5.81. The molecule has 1 atom stereocenters. The summed E-state index contributed by atoms with van der Waals surface area (Å²) in [5, 5.41) is 0. The van der Waals surface area contributed by atoms with Gasteiger partial charge in [0.2, 0.25) is 5.91 Å². The van der Waals surface area contributed by atoms with Crippen LogP contribution in [0.2, 0.25) is 0 Å². The average Bonchev–Trinajstić information content (AvgIpc) is 2.65. The van der Waals surface area contributed by atoms with Crippen molar-refractivity contribution in [2.75, 3.05) is 39.8 Å². The van der Waals surface area contributed by atoms with Crippen molar-refractivity contribution in [1.82, 2.24) is 14.8 Å². The Morgan fingerprint density at radius 2 is 2.20 bits per heavy atom. The summed E-state index contributed by atoms with van der Waals surface area (Å²) in [6.45, 7) is 5.29. The topological polar surface area (TPSA) is 62.5 Å². The van der Waals surface area contributed by atoms with E-state index >= 15 is 0 Å². The van der Waals surface area contributed by atoms with Gasteiger partial charge in [-0.05, 0) is 51.7 Å². The quantitative estimate of drug-likeness (QED) is 0.859. The Morgan fingerprint density at radius 1 is 1.35 bits per heavy atom. The van der Waals surface area contributed by atoms with Gasteiger partial charge < -0.3 is 15.5 Å². The van der Waals surface area contributed by atoms with Crippen LogP contribution in [-0.4, -0.2) is 60.5 Å². The second-order valence-corrected chi connectivity index (χ2v) is 5.50. The normalized spacial score (nSPS) is 19.4. The van der Waals surface area contributed by atoms with Crippen LogP contribution < -0.4 is 5.73 Å². The number of primary amides is 1. The molecule has 2 heterocycles. The van der Waals surface area contributed by atoms with Crippen molar-refractivity contribution in [3.05, 3.63) is 30.1 Å². The lowest BCUT2D eigenvalue weighted by molar-refractivity contribution is -0.119. The first-order chi connectivity index (χ1) is 9.66. The number of hydrogen-bond donors (Lipinski definition) is 1. The molecular formula is C15H24N4O. The number of carbonyl (C=O) groups is 1. The molecule has 5 nitrogen and oxygen atoms in total. The van der Waals surface area contributed by atoms with Crippen LogP contribution in [0.15, 0.2) is 24.4 Å². The number of amides is 1. The summed E-state index contributed by atoms with van der Waals surface area (Å²) in [6, 6.07) is 5.64. The van der Waals surface area contributed by atoms with Gasteiger partial charge in [-0.3, -0.25) is 9.78 Å². The molecule has 1 saturated heterocycles. The van der Waals surface area contributed by atoms with Crippen molar-refractivity contribution < 1.29 is 4.79 Å². The van der Waals surface area contributed by atoms with Crippen molar-refractivity contribution in [3.8, 4) is 0 Å². The number of aromatic nitrogens is 1. The summed E-state index contributed by atoms with van der Waals surface area (Å²) in [4.78, 5) is 20.7. The second-order valence-electron chi connectivity index (χ2n) is 5.50. The number of pyridine rings is 1. The van der Waals surface area contributed by atoms with E-state index in [9.17, 15) is 4.79 Å². The summed E-state index contributed by atoms with van der Waals surface area (Å²) >= 11 is 0. The van der Waals surface area contributed by atoms with Gasteiger partial charge in [-0.2, -0.15) is 0 Å². The molecule has 0 radical (unpaired) electrons. The Hall–Kier alpha value is -1.46. The van der Waals surface area contributed by atoms with Gasteiger partial charge in [0.25, 0.3) is 0 Å². The summed E-state index contributed by atoms with van der Waals surface area (Å²) in [7, 11) is 2.16. The molecule has 1 aliphatic heterocycles. The Balaban J connectivity index is 1.91. The van der Waals surface area contributed by atoms with Gasteiger partial charge in [0, 0.05) is 19.3 Å². The van der Waals surface area contributed by atoms with Crippen LogP contribution in [0.4, 0.5) is 0 Å². The van der Waals surface area contributed by atoms with E-state index in [4.69, 9.17) is 5.73 Å². The summed E-state index contributed by atoms with van der Waals surface area (Å²) in [5.74, 6) is -0.562. The highest BCUT2D eigenvalue weighted by Crippen LogP contribution is 2.17. The zero-order chi connectivity index (χ0) is 14.4. The number of rotatable bonds is 5. The van der Waals surface area contributed by atoms with Crippen molar-refractivity contribution in [2.24, 2.45) is 5.73 Å². The molecule has 0 aliphatic carbocycles. The average molecular weight is 276 g/mol. The van der Waals surface area contributed by atoms with E-state index in [1.165, 1.54) is 6.42 Å². The fraction of sp³-hybridized carbons (Fsp3) is 0.600. The SMILES string of the molecule is CN1CCCN(CCC(C(N)=O)c2ccccn2)CC1. The summed E-state index contributed by atoms with van der Waals surface area (Å²) in [6.07, 6.45) is 3.64. The molecule has 0 spiro atoms. The number of hydrogen-bond acceptors (Lipinski definition) is 4. The van der Waals surface area contributed by atoms with E-state index in [-0.39, 0.29) is 11.8 Å². The first-order valence-corrected chi connectivity index (χ1v) is 7.28. The first-order valence-electron chi connectivity index (χ1n) is 7.28. The lowest BCUT2D eigenvalue weighted by Gasteiger charge is -2.22. The maximum atomic E-state index is 11.6. The monoisotopic (exact) mass is 276 g/mol. The Morgan fingerprint density at radius 3 is 2.90 bits per heavy atom. The number of nitrogens with two attached hydrogens (primary N) is 1. The minimum absolute atomic E-state index is 0.280. The van der Waals surface area contributed by atoms with Crippen LogP contribution in [0.5, 0.6) is 0 Å². The molecule has 1 fully saturated rings. The molecule has 5 heteroatoms. The maximum Gasteiger partial charge on any atom is 0.226 e. The highest BCUT2D eigenvalue weighted by Gasteiger charge is 2.21. The molecule has 1 amide bonds. The largest absolute Gasteiger partial charge is 0.369 e. The number of carbonyl (C=O) groups excluding carboxylic acids is 1. The minimum atomic E-state index is -0.282. The molecule has 1 aromatic heterocycles. The molecular weight excluding hydrogens is 252 g/mol. The van der Waals surface area contributed by atoms with Gasteiger partial charge in [0.05, 0.1) is 11.6 Å². The van der Waals surface area contributed by atoms with Gasteiger partial charge >= 0.3 is 0 Å². The zero-order valence-electron chi connectivity index (χ0n) is 12.2. The Bertz CT molecular complexity index is 423. The standard InChI is InChI=1S/C15H24N4O/c1-18-8-4-9-19(12-11-18)10-6-13(15(16)20)14-5-2-3-7-17-14/h2-3,5,7,13H,4,6,8-12H2,1H3,(H2,16,20). The number of nitrogens with zero attached hydrogens (tertiary/aromatic N) is 3. The predicted molar refractivity (Wildman–Crippen MR) is 79.3 cm³/mol. The molecule has 110 valence electrons. The minimum Gasteiger partial charge on any atom is -0.369 e. The van der Waals surface area contributed by atoms with E-state index in [0.29, 0.717) is 0 Å². The molecule has 20 heavy (non-hydrogen) atoms. The van der Waals surface area contributed by atoms with Crippen LogP contribution in [0.25, 0.3) is 0 Å². The molecule has 1 unspecified atom stereocenters. The van der Waals surface area contributed by atoms with E-state index in [1.54, 1.807) is 6.20 Å². The first kappa shape index (κ1) is 14.9. The molecule has 2 N–H and O–H groups in total. The molecule has 0 aromatic carbocycles. The van der Waals surface area contributed by atoms with Gasteiger partial charge in [-0.25, -0.2) is 0 Å². The highest BCUT2D eigenvalue weighted by atomic mass is 16.1. The number of likely N-dealkylation sites (N-methyl/N-ethyl adjacent to an activating group) is 1. The third-order valence-corrected chi connectivity index (χ3v) is 3.93. The van der Waals surface area contributed by atoms with Crippen molar-refractivity contribution in [2.45, 2.75) is 18.8 Å². The molecule has 0 saturated carbocycles. The third-order valence-electron chi connectivity index (χ3n) is 3.93. The molecule has 2 rings (SSSR count). The van der Waals surface area contributed by atoms with Crippen LogP contribution in [-0.2, 0) is 4.79 Å². The Labute approximate surface area is 120 Å². The van der Waals surface area contributed by atoms with Gasteiger partial charge in [-0.15, -0.1) is 0 Å². The zero-order valence-corrected chi connectivity index (χ0v) is 12.2. The fourth-order valence-electron chi connectivity index (χ4n) is 2.65. The molecule has 0 bridgehead atoms. The van der Waals surface area contributed by atoms with Crippen molar-refractivity contribution in [1.29, 1.82) is 0 Å². The summed E-state index contributed by atoms with van der Waals surface area (Å²) in [5.41, 5.74) is 6.32. The molecule has 1 aromatic rings. The van der Waals surface area contributed by atoms with Crippen LogP contribution in [0, 0.1) is 0 Å².